The lowest BCUT2D eigenvalue weighted by atomic mass is 9.76. The van der Waals surface area contributed by atoms with E-state index >= 15 is 0 Å². The molecule has 0 bridgehead atoms. The maximum atomic E-state index is 13.0. The van der Waals surface area contributed by atoms with Gasteiger partial charge in [-0.25, -0.2) is 0 Å². The van der Waals surface area contributed by atoms with E-state index in [4.69, 9.17) is 9.84 Å². The van der Waals surface area contributed by atoms with E-state index in [1.54, 1.807) is 13.0 Å². The number of anilines is 1. The molecule has 0 heterocycles. The number of carbonyl (C=O) groups excluding carboxylic acids is 1. The van der Waals surface area contributed by atoms with Gasteiger partial charge in [-0.3, -0.25) is 0 Å². The van der Waals surface area contributed by atoms with Gasteiger partial charge >= 0.3 is 6.18 Å². The van der Waals surface area contributed by atoms with Crippen LogP contribution in [0.1, 0.15) is 12.5 Å². The molecule has 0 saturated carbocycles. The second-order valence-electron chi connectivity index (χ2n) is 5.91. The molecular formula is C18H19F3NO4-. The van der Waals surface area contributed by atoms with Gasteiger partial charge in [0, 0.05) is 11.6 Å². The largest absolute Gasteiger partial charge is 0.549 e. The number of carboxylic acids is 1. The normalized spacial score (nSPS) is 23.7. The van der Waals surface area contributed by atoms with Crippen molar-refractivity contribution in [3.05, 3.63) is 54.1 Å². The number of alkyl halides is 3. The molecule has 26 heavy (non-hydrogen) atoms. The summed E-state index contributed by atoms with van der Waals surface area (Å²) in [5, 5.41) is 23.5. The number of rotatable bonds is 7. The molecular weight excluding hydrogens is 351 g/mol. The standard InChI is InChI=1S/C18H20F3NO4/c1-12(26-10-9-23)17(8-3-2-7-15(17)16(24)25)22-14-6-4-5-13(11-14)18(19,20)21/h2-8,11-12,15,22-23H,9-10H2,1H3,(H,24,25)/p-1. The summed E-state index contributed by atoms with van der Waals surface area (Å²) in [4.78, 5) is 11.6. The topological polar surface area (TPSA) is 81.6 Å². The van der Waals surface area contributed by atoms with Gasteiger partial charge in [-0.05, 0) is 25.1 Å². The van der Waals surface area contributed by atoms with Crippen LogP contribution in [-0.2, 0) is 15.7 Å². The van der Waals surface area contributed by atoms with Gasteiger partial charge in [0.1, 0.15) is 0 Å². The first-order chi connectivity index (χ1) is 12.2. The van der Waals surface area contributed by atoms with Gasteiger partial charge in [-0.1, -0.05) is 30.4 Å². The van der Waals surface area contributed by atoms with Crippen LogP contribution in [0.3, 0.4) is 0 Å². The average molecular weight is 370 g/mol. The SMILES string of the molecule is CC(OCCO)C1(Nc2cccc(C(F)(F)F)c2)C=CC=CC1C(=O)[O-]. The highest BCUT2D eigenvalue weighted by atomic mass is 19.4. The van der Waals surface area contributed by atoms with Crippen LogP contribution in [0.2, 0.25) is 0 Å². The number of carbonyl (C=O) groups is 1. The highest BCUT2D eigenvalue weighted by molar-refractivity contribution is 5.75. The summed E-state index contributed by atoms with van der Waals surface area (Å²) >= 11 is 0. The Bertz CT molecular complexity index is 702. The first-order valence-electron chi connectivity index (χ1n) is 7.95. The number of hydrogen-bond acceptors (Lipinski definition) is 5. The number of benzene rings is 1. The summed E-state index contributed by atoms with van der Waals surface area (Å²) in [6, 6.07) is 4.47. The summed E-state index contributed by atoms with van der Waals surface area (Å²) < 4.78 is 44.4. The molecule has 1 aliphatic rings. The van der Waals surface area contributed by atoms with Crippen LogP contribution in [0.25, 0.3) is 0 Å². The maximum absolute atomic E-state index is 13.0. The van der Waals surface area contributed by atoms with Crippen LogP contribution in [0.15, 0.2) is 48.6 Å². The van der Waals surface area contributed by atoms with E-state index < -0.39 is 35.3 Å². The van der Waals surface area contributed by atoms with Gasteiger partial charge in [-0.15, -0.1) is 0 Å². The van der Waals surface area contributed by atoms with E-state index in [1.165, 1.54) is 30.4 Å². The van der Waals surface area contributed by atoms with E-state index in [0.717, 1.165) is 12.1 Å². The van der Waals surface area contributed by atoms with Gasteiger partial charge in [-0.2, -0.15) is 13.2 Å². The van der Waals surface area contributed by atoms with Crippen molar-refractivity contribution in [1.29, 1.82) is 0 Å². The summed E-state index contributed by atoms with van der Waals surface area (Å²) in [5.74, 6) is -2.58. The maximum Gasteiger partial charge on any atom is 0.416 e. The van der Waals surface area contributed by atoms with Gasteiger partial charge in [0.05, 0.1) is 36.4 Å². The van der Waals surface area contributed by atoms with Crippen molar-refractivity contribution in [2.45, 2.75) is 24.7 Å². The van der Waals surface area contributed by atoms with Crippen molar-refractivity contribution < 1.29 is 32.9 Å². The number of allylic oxidation sites excluding steroid dienone is 2. The number of carboxylic acid groups (broad SMARTS) is 1. The molecule has 1 aromatic rings. The zero-order valence-electron chi connectivity index (χ0n) is 14.0. The molecule has 1 aromatic carbocycles. The average Bonchev–Trinajstić information content (AvgIpc) is 2.59. The van der Waals surface area contributed by atoms with Crippen molar-refractivity contribution in [2.75, 3.05) is 18.5 Å². The third-order valence-electron chi connectivity index (χ3n) is 4.24. The smallest absolute Gasteiger partial charge is 0.416 e. The molecule has 0 radical (unpaired) electrons. The highest BCUT2D eigenvalue weighted by Gasteiger charge is 2.43. The van der Waals surface area contributed by atoms with Crippen LogP contribution in [0, 0.1) is 5.92 Å². The van der Waals surface area contributed by atoms with Gasteiger partial charge in [0.25, 0.3) is 0 Å². The quantitative estimate of drug-likeness (QED) is 0.764. The number of aliphatic hydroxyl groups is 1. The predicted octanol–water partition coefficient (Wildman–Crippen LogP) is 1.75. The number of halogens is 3. The molecule has 1 aliphatic carbocycles. The van der Waals surface area contributed by atoms with Crippen molar-refractivity contribution >= 4 is 11.7 Å². The molecule has 0 saturated heterocycles. The number of ether oxygens (including phenoxy) is 1. The Morgan fingerprint density at radius 3 is 2.77 bits per heavy atom. The Morgan fingerprint density at radius 2 is 2.15 bits per heavy atom. The Kier molecular flexibility index (Phi) is 6.09. The van der Waals surface area contributed by atoms with Gasteiger partial charge in [0.2, 0.25) is 0 Å². The Morgan fingerprint density at radius 1 is 1.42 bits per heavy atom. The van der Waals surface area contributed by atoms with Gasteiger partial charge < -0.3 is 25.1 Å². The predicted molar refractivity (Wildman–Crippen MR) is 87.1 cm³/mol. The molecule has 2 N–H and O–H groups in total. The molecule has 8 heteroatoms. The molecule has 3 atom stereocenters. The molecule has 0 amide bonds. The van der Waals surface area contributed by atoms with E-state index in [9.17, 15) is 23.1 Å². The van der Waals surface area contributed by atoms with Crippen molar-refractivity contribution in [2.24, 2.45) is 5.92 Å². The second-order valence-corrected chi connectivity index (χ2v) is 5.91. The minimum atomic E-state index is -4.53. The minimum absolute atomic E-state index is 0.0511. The molecule has 0 aromatic heterocycles. The van der Waals surface area contributed by atoms with E-state index in [2.05, 4.69) is 5.32 Å². The Labute approximate surface area is 148 Å². The van der Waals surface area contributed by atoms with Gasteiger partial charge in [0.15, 0.2) is 0 Å². The van der Waals surface area contributed by atoms with Crippen LogP contribution in [0.4, 0.5) is 18.9 Å². The zero-order chi connectivity index (χ0) is 19.4. The van der Waals surface area contributed by atoms with Crippen LogP contribution in [-0.4, -0.2) is 35.9 Å². The molecule has 5 nitrogen and oxygen atoms in total. The summed E-state index contributed by atoms with van der Waals surface area (Å²) in [6.45, 7) is 1.25. The Hall–Kier alpha value is -2.32. The van der Waals surface area contributed by atoms with Crippen LogP contribution in [0.5, 0.6) is 0 Å². The summed E-state index contributed by atoms with van der Waals surface area (Å²) in [5.41, 5.74) is -2.15. The first-order valence-corrected chi connectivity index (χ1v) is 7.95. The molecule has 3 unspecified atom stereocenters. The third kappa shape index (κ3) is 4.25. The van der Waals surface area contributed by atoms with Crippen molar-refractivity contribution in [3.63, 3.8) is 0 Å². The molecule has 0 fully saturated rings. The van der Waals surface area contributed by atoms with E-state index in [1.807, 2.05) is 0 Å². The van der Waals surface area contributed by atoms with Crippen molar-refractivity contribution in [3.8, 4) is 0 Å². The lowest BCUT2D eigenvalue weighted by molar-refractivity contribution is -0.311. The lowest BCUT2D eigenvalue weighted by Crippen LogP contribution is -2.58. The molecule has 0 spiro atoms. The minimum Gasteiger partial charge on any atom is -0.549 e. The number of aliphatic carboxylic acids is 1. The number of nitrogens with one attached hydrogen (secondary N) is 1. The lowest BCUT2D eigenvalue weighted by Gasteiger charge is -2.44. The molecule has 0 aliphatic heterocycles. The summed E-state index contributed by atoms with van der Waals surface area (Å²) in [6.07, 6.45) is 0.697. The van der Waals surface area contributed by atoms with Crippen LogP contribution >= 0.6 is 0 Å². The van der Waals surface area contributed by atoms with Crippen molar-refractivity contribution in [1.82, 2.24) is 0 Å². The third-order valence-corrected chi connectivity index (χ3v) is 4.24. The molecule has 2 rings (SSSR count). The van der Waals surface area contributed by atoms with E-state index in [-0.39, 0.29) is 18.9 Å². The number of aliphatic hydroxyl groups excluding tert-OH is 1. The zero-order valence-corrected chi connectivity index (χ0v) is 14.0. The van der Waals surface area contributed by atoms with E-state index in [0.29, 0.717) is 0 Å². The fourth-order valence-electron chi connectivity index (χ4n) is 2.93. The highest BCUT2D eigenvalue weighted by Crippen LogP contribution is 2.36. The first kappa shape index (κ1) is 20.0. The fourth-order valence-corrected chi connectivity index (χ4v) is 2.93. The second kappa shape index (κ2) is 7.92. The summed E-state index contributed by atoms with van der Waals surface area (Å²) in [7, 11) is 0. The number of hydrogen-bond donors (Lipinski definition) is 2. The monoisotopic (exact) mass is 370 g/mol. The van der Waals surface area contributed by atoms with Crippen LogP contribution < -0.4 is 10.4 Å². The molecule has 142 valence electrons. The fraction of sp³-hybridized carbons (Fsp3) is 0.389. The Balaban J connectivity index is 2.44.